The highest BCUT2D eigenvalue weighted by molar-refractivity contribution is 7.14. The quantitative estimate of drug-likeness (QED) is 0.513. The van der Waals surface area contributed by atoms with E-state index in [1.54, 1.807) is 25.3 Å². The van der Waals surface area contributed by atoms with Crippen molar-refractivity contribution in [2.75, 3.05) is 13.1 Å². The Morgan fingerprint density at radius 3 is 2.46 bits per heavy atom. The third-order valence-electron chi connectivity index (χ3n) is 6.43. The molecule has 1 aromatic carbocycles. The molecule has 1 saturated heterocycles. The lowest BCUT2D eigenvalue weighted by molar-refractivity contribution is -0.145. The molecule has 1 saturated carbocycles. The second-order valence-corrected chi connectivity index (χ2v) is 10.5. The van der Waals surface area contributed by atoms with Crippen LogP contribution < -0.4 is 15.4 Å². The van der Waals surface area contributed by atoms with Crippen molar-refractivity contribution >= 4 is 17.2 Å². The topological polar surface area (TPSA) is 89.0 Å². The zero-order chi connectivity index (χ0) is 24.8. The van der Waals surface area contributed by atoms with Crippen molar-refractivity contribution in [3.63, 3.8) is 0 Å². The fourth-order valence-corrected chi connectivity index (χ4v) is 5.18. The van der Waals surface area contributed by atoms with Crippen LogP contribution in [0.15, 0.2) is 36.8 Å². The van der Waals surface area contributed by atoms with E-state index in [-0.39, 0.29) is 12.0 Å². The number of hydrogen-bond acceptors (Lipinski definition) is 7. The summed E-state index contributed by atoms with van der Waals surface area (Å²) >= 11 is 1.52. The third kappa shape index (κ3) is 5.01. The monoisotopic (exact) mass is 503 g/mol. The third-order valence-corrected chi connectivity index (χ3v) is 7.40. The molecule has 11 heteroatoms. The SMILES string of the molecule is Cc1cnc(-c2cc(OC3CC4(CNC4)C3)cc(C(=O)NC(C)c3cnc(C(F)(F)F)nc3)c2)s1. The fraction of sp³-hybridized carbons (Fsp3) is 0.417. The molecule has 1 spiro atoms. The maximum atomic E-state index is 13.1. The summed E-state index contributed by atoms with van der Waals surface area (Å²) in [5, 5.41) is 6.90. The average molecular weight is 504 g/mol. The van der Waals surface area contributed by atoms with E-state index in [2.05, 4.69) is 25.6 Å². The van der Waals surface area contributed by atoms with E-state index in [1.165, 1.54) is 11.3 Å². The molecule has 2 N–H and O–H groups in total. The van der Waals surface area contributed by atoms with Gasteiger partial charge in [-0.2, -0.15) is 13.2 Å². The molecular formula is C24H24F3N5O2S. The first kappa shape index (κ1) is 23.7. The number of alkyl halides is 3. The number of aromatic nitrogens is 3. The minimum Gasteiger partial charge on any atom is -0.490 e. The molecule has 184 valence electrons. The summed E-state index contributed by atoms with van der Waals surface area (Å²) in [4.78, 5) is 25.3. The molecule has 1 atom stereocenters. The summed E-state index contributed by atoms with van der Waals surface area (Å²) in [6.07, 6.45) is 1.37. The lowest BCUT2D eigenvalue weighted by Gasteiger charge is -2.53. The van der Waals surface area contributed by atoms with E-state index in [4.69, 9.17) is 4.74 Å². The van der Waals surface area contributed by atoms with E-state index in [0.29, 0.717) is 22.3 Å². The Bertz CT molecular complexity index is 1230. The van der Waals surface area contributed by atoms with Gasteiger partial charge in [-0.15, -0.1) is 11.3 Å². The summed E-state index contributed by atoms with van der Waals surface area (Å²) in [7, 11) is 0. The minimum atomic E-state index is -4.62. The Morgan fingerprint density at radius 2 is 1.89 bits per heavy atom. The molecule has 2 aromatic heterocycles. The van der Waals surface area contributed by atoms with E-state index < -0.39 is 18.0 Å². The second kappa shape index (κ2) is 8.87. The first-order valence-electron chi connectivity index (χ1n) is 11.3. The number of carbonyl (C=O) groups excluding carboxylic acids is 1. The van der Waals surface area contributed by atoms with Crippen molar-refractivity contribution in [3.8, 4) is 16.3 Å². The van der Waals surface area contributed by atoms with E-state index >= 15 is 0 Å². The Balaban J connectivity index is 1.34. The maximum absolute atomic E-state index is 13.1. The Labute approximate surface area is 204 Å². The molecule has 3 aromatic rings. The number of halogens is 3. The number of nitrogens with zero attached hydrogens (tertiary/aromatic N) is 3. The lowest BCUT2D eigenvalue weighted by atomic mass is 9.63. The van der Waals surface area contributed by atoms with Gasteiger partial charge in [0, 0.05) is 58.7 Å². The summed E-state index contributed by atoms with van der Waals surface area (Å²) in [5.74, 6) is -1.01. The van der Waals surface area contributed by atoms with Gasteiger partial charge in [0.15, 0.2) is 0 Å². The Morgan fingerprint density at radius 1 is 1.17 bits per heavy atom. The molecule has 1 aliphatic carbocycles. The first-order valence-corrected chi connectivity index (χ1v) is 12.1. The molecule has 1 unspecified atom stereocenters. The molecule has 2 fully saturated rings. The standard InChI is InChI=1S/C24H24F3N5O2S/c1-13-8-29-21(35-13)16-3-15(4-18(5-16)34-19-6-23(7-19)11-28-12-23)20(33)32-14(2)17-9-30-22(31-10-17)24(25,26)27/h3-5,8-10,14,19,28H,6-7,11-12H2,1-2H3,(H,32,33). The van der Waals surface area contributed by atoms with E-state index in [9.17, 15) is 18.0 Å². The van der Waals surface area contributed by atoms with Gasteiger partial charge in [-0.05, 0) is 44.9 Å². The number of amides is 1. The number of aryl methyl sites for hydroxylation is 1. The van der Waals surface area contributed by atoms with Gasteiger partial charge < -0.3 is 15.4 Å². The van der Waals surface area contributed by atoms with Crippen LogP contribution in [0.25, 0.3) is 10.6 Å². The number of benzene rings is 1. The van der Waals surface area contributed by atoms with Gasteiger partial charge in [-0.3, -0.25) is 4.79 Å². The predicted octanol–water partition coefficient (Wildman–Crippen LogP) is 4.55. The first-order chi connectivity index (χ1) is 16.6. The van der Waals surface area contributed by atoms with Gasteiger partial charge in [0.05, 0.1) is 12.1 Å². The van der Waals surface area contributed by atoms with Crippen molar-refractivity contribution < 1.29 is 22.7 Å². The summed E-state index contributed by atoms with van der Waals surface area (Å²) < 4.78 is 44.4. The molecule has 5 rings (SSSR count). The van der Waals surface area contributed by atoms with Gasteiger partial charge in [-0.25, -0.2) is 15.0 Å². The number of carbonyl (C=O) groups is 1. The number of rotatable bonds is 6. The molecule has 3 heterocycles. The van der Waals surface area contributed by atoms with Crippen LogP contribution in [0.4, 0.5) is 13.2 Å². The average Bonchev–Trinajstić information content (AvgIpc) is 3.20. The van der Waals surface area contributed by atoms with Crippen LogP contribution in [0.5, 0.6) is 5.75 Å². The Kier molecular flexibility index (Phi) is 6.00. The van der Waals surface area contributed by atoms with Crippen LogP contribution in [0.1, 0.15) is 52.4 Å². The zero-order valence-electron chi connectivity index (χ0n) is 19.1. The fourth-order valence-electron chi connectivity index (χ4n) is 4.43. The molecule has 0 radical (unpaired) electrons. The zero-order valence-corrected chi connectivity index (χ0v) is 20.0. The number of nitrogens with one attached hydrogen (secondary N) is 2. The molecule has 35 heavy (non-hydrogen) atoms. The lowest BCUT2D eigenvalue weighted by Crippen LogP contribution is -2.62. The van der Waals surface area contributed by atoms with E-state index in [0.717, 1.165) is 53.8 Å². The molecule has 1 amide bonds. The molecule has 1 aliphatic heterocycles. The van der Waals surface area contributed by atoms with Crippen LogP contribution >= 0.6 is 11.3 Å². The summed E-state index contributed by atoms with van der Waals surface area (Å²) in [6, 6.07) is 4.73. The van der Waals surface area contributed by atoms with Crippen molar-refractivity contribution in [3.05, 3.63) is 58.6 Å². The minimum absolute atomic E-state index is 0.101. The highest BCUT2D eigenvalue weighted by atomic mass is 32.1. The van der Waals surface area contributed by atoms with Crippen molar-refractivity contribution in [2.45, 2.75) is 45.0 Å². The van der Waals surface area contributed by atoms with Crippen LogP contribution in [-0.4, -0.2) is 40.1 Å². The van der Waals surface area contributed by atoms with Gasteiger partial charge in [0.2, 0.25) is 5.82 Å². The second-order valence-electron chi connectivity index (χ2n) is 9.31. The van der Waals surface area contributed by atoms with Crippen molar-refractivity contribution in [1.82, 2.24) is 25.6 Å². The van der Waals surface area contributed by atoms with Gasteiger partial charge in [0.25, 0.3) is 5.91 Å². The van der Waals surface area contributed by atoms with Gasteiger partial charge in [0.1, 0.15) is 10.8 Å². The van der Waals surface area contributed by atoms with Crippen LogP contribution in [0.2, 0.25) is 0 Å². The van der Waals surface area contributed by atoms with Crippen molar-refractivity contribution in [1.29, 1.82) is 0 Å². The maximum Gasteiger partial charge on any atom is 0.451 e. The van der Waals surface area contributed by atoms with Gasteiger partial charge >= 0.3 is 6.18 Å². The van der Waals surface area contributed by atoms with Crippen molar-refractivity contribution in [2.24, 2.45) is 5.41 Å². The largest absolute Gasteiger partial charge is 0.490 e. The molecular weight excluding hydrogens is 479 g/mol. The number of ether oxygens (including phenoxy) is 1. The van der Waals surface area contributed by atoms with Gasteiger partial charge in [-0.1, -0.05) is 0 Å². The summed E-state index contributed by atoms with van der Waals surface area (Å²) in [6.45, 7) is 5.66. The highest BCUT2D eigenvalue weighted by Gasteiger charge is 2.49. The smallest absolute Gasteiger partial charge is 0.451 e. The molecule has 2 aliphatic rings. The predicted molar refractivity (Wildman–Crippen MR) is 124 cm³/mol. The number of hydrogen-bond donors (Lipinski definition) is 2. The molecule has 7 nitrogen and oxygen atoms in total. The summed E-state index contributed by atoms with van der Waals surface area (Å²) in [5.41, 5.74) is 1.87. The Hall–Kier alpha value is -3.05. The normalized spacial score (nSPS) is 18.0. The van der Waals surface area contributed by atoms with E-state index in [1.807, 2.05) is 13.0 Å². The van der Waals surface area contributed by atoms with Crippen LogP contribution in [-0.2, 0) is 6.18 Å². The van der Waals surface area contributed by atoms with Crippen LogP contribution in [0.3, 0.4) is 0 Å². The highest BCUT2D eigenvalue weighted by Crippen LogP contribution is 2.46. The molecule has 0 bridgehead atoms. The van der Waals surface area contributed by atoms with Crippen LogP contribution in [0, 0.1) is 12.3 Å². The number of thiazole rings is 1.